The van der Waals surface area contributed by atoms with Gasteiger partial charge >= 0.3 is 0 Å². The van der Waals surface area contributed by atoms with E-state index in [1.54, 1.807) is 21.3 Å². The lowest BCUT2D eigenvalue weighted by Crippen LogP contribution is -2.44. The molecule has 0 fully saturated rings. The van der Waals surface area contributed by atoms with Crippen molar-refractivity contribution >= 4 is 10.2 Å². The number of hydrogen-bond acceptors (Lipinski definition) is 3. The van der Waals surface area contributed by atoms with Crippen molar-refractivity contribution in [3.05, 3.63) is 35.9 Å². The van der Waals surface area contributed by atoms with Crippen molar-refractivity contribution in [1.29, 1.82) is 0 Å². The summed E-state index contributed by atoms with van der Waals surface area (Å²) in [7, 11) is 5.73. The maximum Gasteiger partial charge on any atom is 0.185 e. The van der Waals surface area contributed by atoms with Gasteiger partial charge in [-0.25, -0.2) is 0 Å². The number of rotatable bonds is 5. The molecular formula is C11H18O3Si. The van der Waals surface area contributed by atoms with Crippen LogP contribution in [0.4, 0.5) is 0 Å². The second-order valence-corrected chi connectivity index (χ2v) is 4.97. The first kappa shape index (κ1) is 12.4. The minimum Gasteiger partial charge on any atom is -0.373 e. The Labute approximate surface area is 93.8 Å². The third kappa shape index (κ3) is 2.46. The molecule has 0 radical (unpaired) electrons. The van der Waals surface area contributed by atoms with E-state index in [0.717, 1.165) is 15.8 Å². The fourth-order valence-electron chi connectivity index (χ4n) is 1.67. The van der Waals surface area contributed by atoms with Gasteiger partial charge in [0.15, 0.2) is 6.29 Å². The maximum absolute atomic E-state index is 5.58. The van der Waals surface area contributed by atoms with E-state index in [1.165, 1.54) is 0 Å². The van der Waals surface area contributed by atoms with E-state index < -0.39 is 5.22 Å². The van der Waals surface area contributed by atoms with Gasteiger partial charge in [0.1, 0.15) is 5.22 Å². The van der Waals surface area contributed by atoms with Gasteiger partial charge in [-0.2, -0.15) is 0 Å². The summed E-state index contributed by atoms with van der Waals surface area (Å²) in [5.74, 6) is 0. The van der Waals surface area contributed by atoms with Gasteiger partial charge in [-0.05, 0) is 5.56 Å². The average molecular weight is 226 g/mol. The van der Waals surface area contributed by atoms with Crippen LogP contribution < -0.4 is 0 Å². The fourth-order valence-corrected chi connectivity index (χ4v) is 2.47. The maximum atomic E-state index is 5.58. The lowest BCUT2D eigenvalue weighted by molar-refractivity contribution is -0.196. The Morgan fingerprint density at radius 2 is 1.60 bits per heavy atom. The molecule has 0 aliphatic heterocycles. The average Bonchev–Trinajstić information content (AvgIpc) is 2.31. The Balaban J connectivity index is 3.04. The van der Waals surface area contributed by atoms with Crippen molar-refractivity contribution in [2.45, 2.75) is 11.5 Å². The molecule has 0 saturated carbocycles. The van der Waals surface area contributed by atoms with Gasteiger partial charge < -0.3 is 14.2 Å². The molecule has 0 bridgehead atoms. The molecule has 1 rings (SSSR count). The van der Waals surface area contributed by atoms with Crippen molar-refractivity contribution in [2.24, 2.45) is 0 Å². The number of ether oxygens (including phenoxy) is 3. The van der Waals surface area contributed by atoms with Gasteiger partial charge in [-0.1, -0.05) is 30.3 Å². The summed E-state index contributed by atoms with van der Waals surface area (Å²) >= 11 is 0. The molecule has 1 unspecified atom stereocenters. The summed E-state index contributed by atoms with van der Waals surface area (Å²) in [4.78, 5) is 0. The minimum atomic E-state index is -0.454. The summed E-state index contributed by atoms with van der Waals surface area (Å²) in [6, 6.07) is 10.0. The Bertz CT molecular complexity index is 287. The molecule has 0 saturated heterocycles. The Morgan fingerprint density at radius 1 is 1.07 bits per heavy atom. The number of methoxy groups -OCH3 is 3. The normalized spacial score (nSPS) is 15.5. The van der Waals surface area contributed by atoms with Gasteiger partial charge in [0.05, 0.1) is 10.2 Å². The van der Waals surface area contributed by atoms with Gasteiger partial charge in [0, 0.05) is 21.3 Å². The zero-order valence-electron chi connectivity index (χ0n) is 9.69. The molecule has 4 heteroatoms. The standard InChI is InChI=1S/C11H18O3Si/c1-12-10(13-2)11(15,14-3)9-7-5-4-6-8-9/h4-8,10H,1-3,15H3. The highest BCUT2D eigenvalue weighted by atomic mass is 28.1. The summed E-state index contributed by atoms with van der Waals surface area (Å²) in [5.41, 5.74) is 1.09. The highest BCUT2D eigenvalue weighted by molar-refractivity contribution is 6.15. The quantitative estimate of drug-likeness (QED) is 0.539. The van der Waals surface area contributed by atoms with E-state index in [2.05, 4.69) is 0 Å². The molecule has 1 atom stereocenters. The van der Waals surface area contributed by atoms with E-state index in [1.807, 2.05) is 30.3 Å². The van der Waals surface area contributed by atoms with Crippen molar-refractivity contribution in [3.63, 3.8) is 0 Å². The van der Waals surface area contributed by atoms with E-state index in [-0.39, 0.29) is 6.29 Å². The fraction of sp³-hybridized carbons (Fsp3) is 0.455. The van der Waals surface area contributed by atoms with Gasteiger partial charge in [-0.15, -0.1) is 0 Å². The highest BCUT2D eigenvalue weighted by Crippen LogP contribution is 2.27. The predicted molar refractivity (Wildman–Crippen MR) is 62.9 cm³/mol. The lowest BCUT2D eigenvalue weighted by Gasteiger charge is -2.34. The highest BCUT2D eigenvalue weighted by Gasteiger charge is 2.36. The zero-order chi connectivity index (χ0) is 11.3. The molecule has 84 valence electrons. The lowest BCUT2D eigenvalue weighted by atomic mass is 10.1. The summed E-state index contributed by atoms with van der Waals surface area (Å²) in [6.45, 7) is 0. The SMILES string of the molecule is COC(OC)C([SiH3])(OC)c1ccccc1. The third-order valence-corrected chi connectivity index (χ3v) is 4.11. The van der Waals surface area contributed by atoms with E-state index in [9.17, 15) is 0 Å². The molecule has 0 aromatic heterocycles. The number of benzene rings is 1. The molecule has 0 amide bonds. The van der Waals surface area contributed by atoms with Crippen LogP contribution in [0.15, 0.2) is 30.3 Å². The molecule has 0 heterocycles. The van der Waals surface area contributed by atoms with Crippen LogP contribution in [-0.4, -0.2) is 37.9 Å². The molecule has 0 aliphatic rings. The van der Waals surface area contributed by atoms with Crippen LogP contribution in [0.25, 0.3) is 0 Å². The van der Waals surface area contributed by atoms with E-state index >= 15 is 0 Å². The Kier molecular flexibility index (Phi) is 4.47. The topological polar surface area (TPSA) is 27.7 Å². The molecule has 1 aromatic carbocycles. The van der Waals surface area contributed by atoms with E-state index in [4.69, 9.17) is 14.2 Å². The van der Waals surface area contributed by atoms with Gasteiger partial charge in [0.25, 0.3) is 0 Å². The third-order valence-electron chi connectivity index (χ3n) is 2.65. The van der Waals surface area contributed by atoms with E-state index in [0.29, 0.717) is 0 Å². The summed E-state index contributed by atoms with van der Waals surface area (Å²) in [5, 5.41) is -0.454. The molecule has 0 spiro atoms. The van der Waals surface area contributed by atoms with Crippen molar-refractivity contribution < 1.29 is 14.2 Å². The second-order valence-electron chi connectivity index (χ2n) is 3.48. The molecule has 1 aromatic rings. The predicted octanol–water partition coefficient (Wildman–Crippen LogP) is 0.470. The molecule has 0 aliphatic carbocycles. The van der Waals surface area contributed by atoms with Crippen LogP contribution in [0.1, 0.15) is 5.56 Å². The van der Waals surface area contributed by atoms with Crippen LogP contribution >= 0.6 is 0 Å². The number of hydrogen-bond donors (Lipinski definition) is 0. The van der Waals surface area contributed by atoms with Crippen LogP contribution in [0.5, 0.6) is 0 Å². The molecule has 15 heavy (non-hydrogen) atoms. The summed E-state index contributed by atoms with van der Waals surface area (Å²) in [6.07, 6.45) is -0.364. The smallest absolute Gasteiger partial charge is 0.185 e. The first-order valence-corrected chi connectivity index (χ1v) is 5.85. The molecule has 3 nitrogen and oxygen atoms in total. The van der Waals surface area contributed by atoms with Crippen LogP contribution in [0, 0.1) is 0 Å². The molecule has 0 N–H and O–H groups in total. The van der Waals surface area contributed by atoms with Crippen LogP contribution in [-0.2, 0) is 19.4 Å². The van der Waals surface area contributed by atoms with Gasteiger partial charge in [0.2, 0.25) is 0 Å². The zero-order valence-corrected chi connectivity index (χ0v) is 11.7. The van der Waals surface area contributed by atoms with Crippen molar-refractivity contribution in [2.75, 3.05) is 21.3 Å². The first-order valence-electron chi connectivity index (χ1n) is 4.85. The summed E-state index contributed by atoms with van der Waals surface area (Å²) < 4.78 is 16.2. The largest absolute Gasteiger partial charge is 0.373 e. The van der Waals surface area contributed by atoms with Crippen LogP contribution in [0.2, 0.25) is 0 Å². The van der Waals surface area contributed by atoms with Crippen molar-refractivity contribution in [3.8, 4) is 0 Å². The molecular weight excluding hydrogens is 208 g/mol. The minimum absolute atomic E-state index is 0.364. The van der Waals surface area contributed by atoms with Gasteiger partial charge in [-0.3, -0.25) is 0 Å². The van der Waals surface area contributed by atoms with Crippen molar-refractivity contribution in [1.82, 2.24) is 0 Å². The Hall–Kier alpha value is -0.683. The first-order chi connectivity index (χ1) is 7.19. The monoisotopic (exact) mass is 226 g/mol. The van der Waals surface area contributed by atoms with Crippen LogP contribution in [0.3, 0.4) is 0 Å². The Morgan fingerprint density at radius 3 is 2.00 bits per heavy atom. The second kappa shape index (κ2) is 5.41.